The van der Waals surface area contributed by atoms with Gasteiger partial charge in [-0.05, 0) is 31.0 Å². The maximum Gasteiger partial charge on any atom is 0.243 e. The summed E-state index contributed by atoms with van der Waals surface area (Å²) in [4.78, 5) is 14.5. The molecule has 0 radical (unpaired) electrons. The molecule has 2 fully saturated rings. The van der Waals surface area contributed by atoms with Gasteiger partial charge in [-0.25, -0.2) is 8.42 Å². The van der Waals surface area contributed by atoms with Crippen LogP contribution in [0, 0.1) is 5.92 Å². The number of piperidine rings is 1. The van der Waals surface area contributed by atoms with Crippen LogP contribution in [-0.4, -0.2) is 62.9 Å². The van der Waals surface area contributed by atoms with Gasteiger partial charge in [-0.3, -0.25) is 4.79 Å². The lowest BCUT2D eigenvalue weighted by Gasteiger charge is -2.35. The Balaban J connectivity index is 1.76. The molecule has 2 aliphatic heterocycles. The Morgan fingerprint density at radius 2 is 1.72 bits per heavy atom. The van der Waals surface area contributed by atoms with E-state index in [-0.39, 0.29) is 33.3 Å². The van der Waals surface area contributed by atoms with Crippen LogP contribution in [0.1, 0.15) is 12.8 Å². The van der Waals surface area contributed by atoms with Crippen molar-refractivity contribution < 1.29 is 17.9 Å². The van der Waals surface area contributed by atoms with Gasteiger partial charge in [-0.1, -0.05) is 23.2 Å². The Hall–Kier alpha value is -0.860. The highest BCUT2D eigenvalue weighted by Crippen LogP contribution is 2.28. The average molecular weight is 407 g/mol. The number of nitrogens with zero attached hydrogens (tertiary/aromatic N) is 2. The van der Waals surface area contributed by atoms with E-state index in [0.29, 0.717) is 45.7 Å². The number of carbonyl (C=O) groups is 1. The minimum Gasteiger partial charge on any atom is -0.378 e. The molecule has 0 saturated carbocycles. The molecule has 2 saturated heterocycles. The summed E-state index contributed by atoms with van der Waals surface area (Å²) in [5.41, 5.74) is 0. The Morgan fingerprint density at radius 3 is 2.36 bits per heavy atom. The lowest BCUT2D eigenvalue weighted by molar-refractivity contribution is -0.140. The molecule has 1 atom stereocenters. The first kappa shape index (κ1) is 18.9. The number of carbonyl (C=O) groups excluding carboxylic acids is 1. The highest BCUT2D eigenvalue weighted by Gasteiger charge is 2.35. The van der Waals surface area contributed by atoms with E-state index in [9.17, 15) is 13.2 Å². The van der Waals surface area contributed by atoms with Gasteiger partial charge in [-0.15, -0.1) is 0 Å². The van der Waals surface area contributed by atoms with Crippen molar-refractivity contribution in [2.24, 2.45) is 5.92 Å². The van der Waals surface area contributed by atoms with Crippen molar-refractivity contribution in [1.82, 2.24) is 9.21 Å². The van der Waals surface area contributed by atoms with E-state index in [1.54, 1.807) is 4.90 Å². The summed E-state index contributed by atoms with van der Waals surface area (Å²) in [5, 5.41) is 0.535. The predicted octanol–water partition coefficient (Wildman–Crippen LogP) is 2.25. The lowest BCUT2D eigenvalue weighted by Crippen LogP contribution is -2.49. The van der Waals surface area contributed by atoms with Gasteiger partial charge in [0.1, 0.15) is 0 Å². The molecular weight excluding hydrogens is 387 g/mol. The summed E-state index contributed by atoms with van der Waals surface area (Å²) in [6, 6.07) is 4.26. The Bertz CT molecular complexity index is 730. The molecule has 2 heterocycles. The molecule has 2 aliphatic rings. The molecule has 6 nitrogen and oxygen atoms in total. The highest BCUT2D eigenvalue weighted by atomic mass is 35.5. The maximum atomic E-state index is 12.9. The number of hydrogen-bond acceptors (Lipinski definition) is 4. The Labute approximate surface area is 157 Å². The zero-order valence-corrected chi connectivity index (χ0v) is 16.0. The zero-order chi connectivity index (χ0) is 18.0. The van der Waals surface area contributed by atoms with Gasteiger partial charge in [0.05, 0.1) is 24.0 Å². The molecular formula is C16H20Cl2N2O4S. The summed E-state index contributed by atoms with van der Waals surface area (Å²) in [6.45, 7) is 2.75. The fourth-order valence-electron chi connectivity index (χ4n) is 3.23. The summed E-state index contributed by atoms with van der Waals surface area (Å²) in [6.07, 6.45) is 1.34. The van der Waals surface area contributed by atoms with E-state index in [1.165, 1.54) is 22.5 Å². The summed E-state index contributed by atoms with van der Waals surface area (Å²) < 4.78 is 32.4. The van der Waals surface area contributed by atoms with Crippen molar-refractivity contribution in [2.75, 3.05) is 39.4 Å². The van der Waals surface area contributed by atoms with Crippen LogP contribution in [0.5, 0.6) is 0 Å². The number of ether oxygens (including phenoxy) is 1. The van der Waals surface area contributed by atoms with Gasteiger partial charge >= 0.3 is 0 Å². The van der Waals surface area contributed by atoms with Crippen LogP contribution in [0.4, 0.5) is 0 Å². The van der Waals surface area contributed by atoms with Gasteiger partial charge < -0.3 is 9.64 Å². The van der Waals surface area contributed by atoms with Crippen LogP contribution < -0.4 is 0 Å². The molecule has 3 rings (SSSR count). The highest BCUT2D eigenvalue weighted by molar-refractivity contribution is 7.89. The van der Waals surface area contributed by atoms with Crippen LogP contribution in [0.2, 0.25) is 10.0 Å². The molecule has 0 aliphatic carbocycles. The average Bonchev–Trinajstić information content (AvgIpc) is 2.61. The van der Waals surface area contributed by atoms with Crippen molar-refractivity contribution in [3.8, 4) is 0 Å². The first-order valence-corrected chi connectivity index (χ1v) is 10.4. The van der Waals surface area contributed by atoms with E-state index in [4.69, 9.17) is 27.9 Å². The molecule has 25 heavy (non-hydrogen) atoms. The number of morpholine rings is 1. The molecule has 1 amide bonds. The number of benzene rings is 1. The summed E-state index contributed by atoms with van der Waals surface area (Å²) >= 11 is 11.9. The maximum absolute atomic E-state index is 12.9. The minimum absolute atomic E-state index is 0.00678. The normalized spacial score (nSPS) is 22.8. The fourth-order valence-corrected chi connectivity index (χ4v) is 5.48. The minimum atomic E-state index is -3.74. The monoisotopic (exact) mass is 406 g/mol. The van der Waals surface area contributed by atoms with Crippen molar-refractivity contribution in [2.45, 2.75) is 17.7 Å². The predicted molar refractivity (Wildman–Crippen MR) is 95.3 cm³/mol. The third-order valence-electron chi connectivity index (χ3n) is 4.53. The largest absolute Gasteiger partial charge is 0.378 e. The molecule has 0 N–H and O–H groups in total. The molecule has 0 aromatic heterocycles. The molecule has 1 aromatic carbocycles. The number of amides is 1. The molecule has 9 heteroatoms. The van der Waals surface area contributed by atoms with Crippen LogP contribution in [0.25, 0.3) is 0 Å². The van der Waals surface area contributed by atoms with Crippen LogP contribution in [0.3, 0.4) is 0 Å². The van der Waals surface area contributed by atoms with Crippen LogP contribution in [0.15, 0.2) is 23.1 Å². The van der Waals surface area contributed by atoms with E-state index < -0.39 is 10.0 Å². The topological polar surface area (TPSA) is 66.9 Å². The first-order valence-electron chi connectivity index (χ1n) is 8.21. The number of rotatable bonds is 3. The Kier molecular flexibility index (Phi) is 5.90. The van der Waals surface area contributed by atoms with E-state index in [1.807, 2.05) is 0 Å². The van der Waals surface area contributed by atoms with Gasteiger partial charge in [0.2, 0.25) is 15.9 Å². The summed E-state index contributed by atoms with van der Waals surface area (Å²) in [5.74, 6) is -0.316. The second kappa shape index (κ2) is 7.80. The van der Waals surface area contributed by atoms with Gasteiger partial charge in [0, 0.05) is 36.2 Å². The van der Waals surface area contributed by atoms with Crippen LogP contribution >= 0.6 is 23.2 Å². The first-order chi connectivity index (χ1) is 11.9. The lowest BCUT2D eigenvalue weighted by atomic mass is 9.98. The van der Waals surface area contributed by atoms with Crippen molar-refractivity contribution >= 4 is 39.1 Å². The van der Waals surface area contributed by atoms with Crippen molar-refractivity contribution in [3.05, 3.63) is 28.2 Å². The second-order valence-corrected chi connectivity index (χ2v) is 9.06. The Morgan fingerprint density at radius 1 is 1.08 bits per heavy atom. The molecule has 0 bridgehead atoms. The molecule has 138 valence electrons. The van der Waals surface area contributed by atoms with Gasteiger partial charge in [0.25, 0.3) is 0 Å². The molecule has 1 aromatic rings. The SMILES string of the molecule is O=C(C1CCCN(S(=O)(=O)c2cc(Cl)cc(Cl)c2)C1)N1CCOCC1. The summed E-state index contributed by atoms with van der Waals surface area (Å²) in [7, 11) is -3.74. The smallest absolute Gasteiger partial charge is 0.243 e. The van der Waals surface area contributed by atoms with Gasteiger partial charge in [0.15, 0.2) is 0 Å². The van der Waals surface area contributed by atoms with Crippen LogP contribution in [-0.2, 0) is 19.6 Å². The zero-order valence-electron chi connectivity index (χ0n) is 13.7. The van der Waals surface area contributed by atoms with E-state index >= 15 is 0 Å². The number of hydrogen-bond donors (Lipinski definition) is 0. The fraction of sp³-hybridized carbons (Fsp3) is 0.562. The van der Waals surface area contributed by atoms with Crippen molar-refractivity contribution in [3.63, 3.8) is 0 Å². The van der Waals surface area contributed by atoms with Crippen molar-refractivity contribution in [1.29, 1.82) is 0 Å². The standard InChI is InChI=1S/C16H20Cl2N2O4S/c17-13-8-14(18)10-15(9-13)25(22,23)20-3-1-2-12(11-20)16(21)19-4-6-24-7-5-19/h8-10,12H,1-7,11H2. The number of halogens is 2. The molecule has 0 spiro atoms. The third kappa shape index (κ3) is 4.28. The van der Waals surface area contributed by atoms with E-state index in [2.05, 4.69) is 0 Å². The van der Waals surface area contributed by atoms with E-state index in [0.717, 1.165) is 0 Å². The third-order valence-corrected chi connectivity index (χ3v) is 6.81. The second-order valence-electron chi connectivity index (χ2n) is 6.25. The quantitative estimate of drug-likeness (QED) is 0.771. The molecule has 1 unspecified atom stereocenters. The number of sulfonamides is 1. The van der Waals surface area contributed by atoms with Gasteiger partial charge in [-0.2, -0.15) is 4.31 Å².